The first kappa shape index (κ1) is 28.9. The number of thiol groups is 1. The summed E-state index contributed by atoms with van der Waals surface area (Å²) in [6, 6.07) is 7.30. The Morgan fingerprint density at radius 1 is 1.14 bits per heavy atom. The molecule has 1 aromatic rings. The van der Waals surface area contributed by atoms with Gasteiger partial charge >= 0.3 is 11.9 Å². The molecular formula is C24H36N2O8S. The quantitative estimate of drug-likeness (QED) is 0.158. The Labute approximate surface area is 211 Å². The van der Waals surface area contributed by atoms with Crippen LogP contribution in [0.25, 0.3) is 0 Å². The largest absolute Gasteiger partial charge is 0.497 e. The molecule has 0 spiro atoms. The smallest absolute Gasteiger partial charge is 0.325 e. The highest BCUT2D eigenvalue weighted by Crippen LogP contribution is 2.33. The molecule has 1 aliphatic rings. The highest BCUT2D eigenvalue weighted by Gasteiger charge is 2.44. The molecule has 5 atom stereocenters. The van der Waals surface area contributed by atoms with Crippen molar-refractivity contribution >= 4 is 30.7 Å². The van der Waals surface area contributed by atoms with E-state index in [4.69, 9.17) is 18.9 Å². The van der Waals surface area contributed by atoms with Crippen LogP contribution in [0.3, 0.4) is 0 Å². The zero-order valence-electron chi connectivity index (χ0n) is 20.7. The van der Waals surface area contributed by atoms with Gasteiger partial charge in [0.15, 0.2) is 6.29 Å². The Kier molecular flexibility index (Phi) is 12.3. The molecule has 0 aliphatic carbocycles. The summed E-state index contributed by atoms with van der Waals surface area (Å²) >= 11 is 3.61. The molecule has 1 fully saturated rings. The first-order chi connectivity index (χ1) is 16.7. The summed E-state index contributed by atoms with van der Waals surface area (Å²) in [5.41, 5.74) is 0.820. The van der Waals surface area contributed by atoms with E-state index in [1.807, 2.05) is 32.0 Å². The highest BCUT2D eigenvalue weighted by molar-refractivity contribution is 7.77. The van der Waals surface area contributed by atoms with Crippen LogP contribution >= 0.6 is 12.8 Å². The third-order valence-electron chi connectivity index (χ3n) is 5.97. The van der Waals surface area contributed by atoms with Crippen molar-refractivity contribution in [3.8, 4) is 5.75 Å². The van der Waals surface area contributed by atoms with Crippen LogP contribution in [-0.4, -0.2) is 56.6 Å². The molecule has 35 heavy (non-hydrogen) atoms. The fourth-order valence-corrected chi connectivity index (χ4v) is 4.01. The van der Waals surface area contributed by atoms with Crippen molar-refractivity contribution in [2.75, 3.05) is 20.3 Å². The normalized spacial score (nSPS) is 23.9. The number of esters is 1. The lowest BCUT2D eigenvalue weighted by molar-refractivity contribution is -0.265. The molecule has 2 rings (SSSR count). The summed E-state index contributed by atoms with van der Waals surface area (Å²) in [5, 5.41) is 2.88. The highest BCUT2D eigenvalue weighted by atomic mass is 32.1. The predicted molar refractivity (Wildman–Crippen MR) is 130 cm³/mol. The van der Waals surface area contributed by atoms with Crippen molar-refractivity contribution in [2.24, 2.45) is 11.8 Å². The minimum absolute atomic E-state index is 0.0542. The van der Waals surface area contributed by atoms with Gasteiger partial charge in [0, 0.05) is 38.3 Å². The van der Waals surface area contributed by atoms with E-state index in [-0.39, 0.29) is 37.1 Å². The Hall–Kier alpha value is -2.34. The van der Waals surface area contributed by atoms with Crippen LogP contribution < -0.4 is 14.9 Å². The SMILES string of the molecule is COc1cccc(CC(=O)NCC2OC(OCCCCC(=O)ONS)C(C)[C@@H](C)[C@H]2OC(C)=O)c1. The van der Waals surface area contributed by atoms with Gasteiger partial charge in [-0.25, -0.2) is 0 Å². The summed E-state index contributed by atoms with van der Waals surface area (Å²) in [6.07, 6.45) is 0.0132. The summed E-state index contributed by atoms with van der Waals surface area (Å²) in [7, 11) is 1.57. The summed E-state index contributed by atoms with van der Waals surface area (Å²) in [5.74, 6) is -0.429. The Morgan fingerprint density at radius 2 is 1.91 bits per heavy atom. The number of rotatable bonds is 13. The third kappa shape index (κ3) is 9.67. The van der Waals surface area contributed by atoms with E-state index in [1.165, 1.54) is 6.92 Å². The zero-order chi connectivity index (χ0) is 25.8. The van der Waals surface area contributed by atoms with Crippen molar-refractivity contribution < 1.29 is 38.2 Å². The van der Waals surface area contributed by atoms with Crippen molar-refractivity contribution in [3.63, 3.8) is 0 Å². The maximum Gasteiger partial charge on any atom is 0.325 e. The van der Waals surface area contributed by atoms with Gasteiger partial charge in [0.1, 0.15) is 18.0 Å². The monoisotopic (exact) mass is 512 g/mol. The van der Waals surface area contributed by atoms with Gasteiger partial charge in [0.05, 0.1) is 13.5 Å². The summed E-state index contributed by atoms with van der Waals surface area (Å²) in [6.45, 7) is 5.85. The van der Waals surface area contributed by atoms with Crippen molar-refractivity contribution in [2.45, 2.75) is 65.0 Å². The molecule has 2 N–H and O–H groups in total. The molecule has 1 aliphatic heterocycles. The number of amides is 1. The van der Waals surface area contributed by atoms with Gasteiger partial charge in [-0.05, 0) is 30.5 Å². The first-order valence-electron chi connectivity index (χ1n) is 11.7. The van der Waals surface area contributed by atoms with Crippen LogP contribution in [0.15, 0.2) is 24.3 Å². The summed E-state index contributed by atoms with van der Waals surface area (Å²) < 4.78 is 22.8. The predicted octanol–water partition coefficient (Wildman–Crippen LogP) is 2.36. The molecule has 0 bridgehead atoms. The van der Waals surface area contributed by atoms with Crippen LogP contribution in [-0.2, 0) is 39.9 Å². The lowest BCUT2D eigenvalue weighted by Gasteiger charge is -2.43. The molecule has 1 saturated heterocycles. The van der Waals surface area contributed by atoms with E-state index in [0.29, 0.717) is 25.2 Å². The Morgan fingerprint density at radius 3 is 2.60 bits per heavy atom. The van der Waals surface area contributed by atoms with Gasteiger partial charge in [0.2, 0.25) is 5.91 Å². The van der Waals surface area contributed by atoms with E-state index < -0.39 is 30.4 Å². The number of hydrogen-bond acceptors (Lipinski definition) is 10. The number of unbranched alkanes of at least 4 members (excludes halogenated alkanes) is 1. The number of benzene rings is 1. The van der Waals surface area contributed by atoms with Gasteiger partial charge in [-0.3, -0.25) is 14.4 Å². The first-order valence-corrected chi connectivity index (χ1v) is 12.1. The molecule has 196 valence electrons. The topological polar surface area (TPSA) is 121 Å². The van der Waals surface area contributed by atoms with Crippen LogP contribution in [0, 0.1) is 11.8 Å². The van der Waals surface area contributed by atoms with Gasteiger partial charge in [-0.1, -0.05) is 43.7 Å². The Balaban J connectivity index is 1.92. The molecular weight excluding hydrogens is 476 g/mol. The maximum absolute atomic E-state index is 12.6. The molecule has 3 unspecified atom stereocenters. The van der Waals surface area contributed by atoms with E-state index in [2.05, 4.69) is 27.9 Å². The average molecular weight is 513 g/mol. The van der Waals surface area contributed by atoms with Gasteiger partial charge in [-0.2, -0.15) is 0 Å². The number of nitrogens with one attached hydrogen (secondary N) is 2. The molecule has 1 heterocycles. The molecule has 1 amide bonds. The maximum atomic E-state index is 12.6. The molecule has 10 nitrogen and oxygen atoms in total. The van der Waals surface area contributed by atoms with Crippen LogP contribution in [0.1, 0.15) is 45.6 Å². The fraction of sp³-hybridized carbons (Fsp3) is 0.625. The number of carbonyl (C=O) groups is 3. The minimum atomic E-state index is -0.569. The van der Waals surface area contributed by atoms with Crippen LogP contribution in [0.5, 0.6) is 5.75 Å². The number of hydrogen-bond donors (Lipinski definition) is 3. The van der Waals surface area contributed by atoms with Crippen molar-refractivity contribution in [1.29, 1.82) is 0 Å². The number of methoxy groups -OCH3 is 1. The van der Waals surface area contributed by atoms with Crippen molar-refractivity contribution in [1.82, 2.24) is 10.2 Å². The van der Waals surface area contributed by atoms with E-state index in [1.54, 1.807) is 13.2 Å². The lowest BCUT2D eigenvalue weighted by Crippen LogP contribution is -2.55. The number of carbonyl (C=O) groups excluding carboxylic acids is 3. The fourth-order valence-electron chi connectivity index (χ4n) is 3.91. The minimum Gasteiger partial charge on any atom is -0.497 e. The molecule has 11 heteroatoms. The second-order valence-electron chi connectivity index (χ2n) is 8.56. The van der Waals surface area contributed by atoms with E-state index >= 15 is 0 Å². The van der Waals surface area contributed by atoms with Gasteiger partial charge in [-0.15, -0.1) is 0 Å². The van der Waals surface area contributed by atoms with Gasteiger partial charge in [0.25, 0.3) is 0 Å². The number of ether oxygens (including phenoxy) is 4. The summed E-state index contributed by atoms with van der Waals surface area (Å²) in [4.78, 5) is 42.3. The Bertz CT molecular complexity index is 839. The second-order valence-corrected chi connectivity index (χ2v) is 8.74. The molecule has 0 saturated carbocycles. The molecule has 0 aromatic heterocycles. The molecule has 0 radical (unpaired) electrons. The van der Waals surface area contributed by atoms with Crippen LogP contribution in [0.4, 0.5) is 0 Å². The van der Waals surface area contributed by atoms with Crippen LogP contribution in [0.2, 0.25) is 0 Å². The standard InChI is InChI=1S/C24H36N2O8S/c1-15-16(2)24(31-11-6-5-10-22(29)34-26-35)33-20(23(15)32-17(3)27)14-25-21(28)13-18-8-7-9-19(12-18)30-4/h7-9,12,15-16,20,23-24,26,35H,5-6,10-11,13-14H2,1-4H3,(H,25,28)/t15-,16?,20?,23-,24?/m1/s1. The van der Waals surface area contributed by atoms with Gasteiger partial charge < -0.3 is 29.1 Å². The average Bonchev–Trinajstić information content (AvgIpc) is 2.82. The lowest BCUT2D eigenvalue weighted by atomic mass is 9.84. The third-order valence-corrected chi connectivity index (χ3v) is 6.06. The van der Waals surface area contributed by atoms with Crippen molar-refractivity contribution in [3.05, 3.63) is 29.8 Å². The van der Waals surface area contributed by atoms with E-state index in [9.17, 15) is 14.4 Å². The second kappa shape index (κ2) is 14.9. The molecule has 1 aromatic carbocycles. The van der Waals surface area contributed by atoms with E-state index in [0.717, 1.165) is 5.56 Å². The zero-order valence-corrected chi connectivity index (χ0v) is 21.5.